The second-order valence-corrected chi connectivity index (χ2v) is 5.47. The van der Waals surface area contributed by atoms with E-state index in [4.69, 9.17) is 0 Å². The summed E-state index contributed by atoms with van der Waals surface area (Å²) in [6.07, 6.45) is 1.75. The van der Waals surface area contributed by atoms with Gasteiger partial charge in [0.2, 0.25) is 5.91 Å². The number of nitrogens with one attached hydrogen (secondary N) is 1. The molecule has 2 aliphatic heterocycles. The molecule has 2 saturated heterocycles. The fraction of sp³-hybridized carbons (Fsp3) is 0.615. The summed E-state index contributed by atoms with van der Waals surface area (Å²) in [6.45, 7) is 3.04. The van der Waals surface area contributed by atoms with Crippen molar-refractivity contribution in [2.24, 2.45) is 13.0 Å². The van der Waals surface area contributed by atoms with Crippen LogP contribution in [0.15, 0.2) is 0 Å². The Hall–Kier alpha value is -2.05. The minimum atomic E-state index is -0.968. The van der Waals surface area contributed by atoms with Gasteiger partial charge in [0.05, 0.1) is 17.7 Å². The van der Waals surface area contributed by atoms with Crippen molar-refractivity contribution in [3.63, 3.8) is 0 Å². The molecule has 2 aliphatic rings. The topological polar surface area (TPSA) is 87.5 Å². The third kappa shape index (κ3) is 1.76. The normalized spacial score (nSPS) is 25.5. The van der Waals surface area contributed by atoms with Gasteiger partial charge in [-0.2, -0.15) is 5.10 Å². The Balaban J connectivity index is 2.04. The summed E-state index contributed by atoms with van der Waals surface area (Å²) in [4.78, 5) is 25.3. The standard InChI is InChI=1S/C13H18N4O3/c1-7-10(13(19)20)12(16(2)15-7)17-5-3-4-8-9(17)6-14-11(8)18/h8-9H,3-6H2,1-2H3,(H,14,18)(H,19,20). The number of hydrogen-bond acceptors (Lipinski definition) is 4. The Morgan fingerprint density at radius 1 is 1.50 bits per heavy atom. The average Bonchev–Trinajstić information content (AvgIpc) is 2.90. The number of amides is 1. The molecule has 3 heterocycles. The number of aromatic carboxylic acids is 1. The van der Waals surface area contributed by atoms with Gasteiger partial charge in [-0.1, -0.05) is 0 Å². The van der Waals surface area contributed by atoms with Gasteiger partial charge >= 0.3 is 5.97 Å². The lowest BCUT2D eigenvalue weighted by Crippen LogP contribution is -2.47. The molecule has 1 amide bonds. The molecule has 1 aromatic heterocycles. The number of carbonyl (C=O) groups excluding carboxylic acids is 1. The number of carbonyl (C=O) groups is 2. The van der Waals surface area contributed by atoms with E-state index in [2.05, 4.69) is 10.4 Å². The molecular weight excluding hydrogens is 260 g/mol. The van der Waals surface area contributed by atoms with Gasteiger partial charge in [0.25, 0.3) is 0 Å². The van der Waals surface area contributed by atoms with Crippen molar-refractivity contribution < 1.29 is 14.7 Å². The molecule has 2 unspecified atom stereocenters. The Bertz CT molecular complexity index is 580. The van der Waals surface area contributed by atoms with Crippen LogP contribution < -0.4 is 10.2 Å². The van der Waals surface area contributed by atoms with Crippen molar-refractivity contribution in [2.75, 3.05) is 18.0 Å². The number of aryl methyl sites for hydroxylation is 2. The molecular formula is C13H18N4O3. The van der Waals surface area contributed by atoms with Crippen LogP contribution in [0.5, 0.6) is 0 Å². The third-order valence-corrected chi connectivity index (χ3v) is 4.28. The zero-order valence-electron chi connectivity index (χ0n) is 11.6. The number of rotatable bonds is 2. The molecule has 3 rings (SSSR count). The molecule has 20 heavy (non-hydrogen) atoms. The lowest BCUT2D eigenvalue weighted by Gasteiger charge is -2.37. The maximum atomic E-state index is 11.8. The van der Waals surface area contributed by atoms with E-state index in [0.29, 0.717) is 18.1 Å². The van der Waals surface area contributed by atoms with E-state index in [9.17, 15) is 14.7 Å². The first kappa shape index (κ1) is 13.0. The lowest BCUT2D eigenvalue weighted by atomic mass is 9.91. The molecule has 0 aromatic carbocycles. The highest BCUT2D eigenvalue weighted by Gasteiger charge is 2.43. The van der Waals surface area contributed by atoms with Gasteiger partial charge in [-0.3, -0.25) is 9.48 Å². The number of piperidine rings is 1. The molecule has 2 atom stereocenters. The van der Waals surface area contributed by atoms with Gasteiger partial charge in [0, 0.05) is 20.1 Å². The van der Waals surface area contributed by atoms with Gasteiger partial charge < -0.3 is 15.3 Å². The maximum Gasteiger partial charge on any atom is 0.341 e. The number of fused-ring (bicyclic) bond motifs is 1. The number of aromatic nitrogens is 2. The fourth-order valence-electron chi connectivity index (χ4n) is 3.44. The van der Waals surface area contributed by atoms with E-state index < -0.39 is 5.97 Å². The predicted octanol–water partition coefficient (Wildman–Crippen LogP) is 0.142. The summed E-state index contributed by atoms with van der Waals surface area (Å²) < 4.78 is 1.62. The molecule has 0 spiro atoms. The lowest BCUT2D eigenvalue weighted by molar-refractivity contribution is -0.123. The summed E-state index contributed by atoms with van der Waals surface area (Å²) in [5.41, 5.74) is 0.752. The number of carboxylic acid groups (broad SMARTS) is 1. The minimum Gasteiger partial charge on any atom is -0.477 e. The van der Waals surface area contributed by atoms with E-state index in [1.165, 1.54) is 0 Å². The summed E-state index contributed by atoms with van der Waals surface area (Å²) in [5, 5.41) is 16.5. The summed E-state index contributed by atoms with van der Waals surface area (Å²) >= 11 is 0. The van der Waals surface area contributed by atoms with Crippen molar-refractivity contribution in [3.8, 4) is 0 Å². The molecule has 7 nitrogen and oxygen atoms in total. The number of carboxylic acids is 1. The van der Waals surface area contributed by atoms with Crippen LogP contribution in [0.4, 0.5) is 5.82 Å². The van der Waals surface area contributed by atoms with Crippen molar-refractivity contribution in [1.82, 2.24) is 15.1 Å². The van der Waals surface area contributed by atoms with Crippen LogP contribution in [-0.2, 0) is 11.8 Å². The summed E-state index contributed by atoms with van der Waals surface area (Å²) in [7, 11) is 1.75. The average molecular weight is 278 g/mol. The first-order valence-electron chi connectivity index (χ1n) is 6.82. The smallest absolute Gasteiger partial charge is 0.341 e. The van der Waals surface area contributed by atoms with Crippen LogP contribution in [-0.4, -0.2) is 45.9 Å². The Labute approximate surface area is 116 Å². The first-order valence-corrected chi connectivity index (χ1v) is 6.82. The largest absolute Gasteiger partial charge is 0.477 e. The predicted molar refractivity (Wildman–Crippen MR) is 71.8 cm³/mol. The SMILES string of the molecule is Cc1nn(C)c(N2CCCC3C(=O)NCC32)c1C(=O)O. The van der Waals surface area contributed by atoms with Gasteiger partial charge in [0.1, 0.15) is 11.4 Å². The quantitative estimate of drug-likeness (QED) is 0.803. The molecule has 0 aliphatic carbocycles. The summed E-state index contributed by atoms with van der Waals surface area (Å²) in [5.74, 6) is -0.317. The van der Waals surface area contributed by atoms with Crippen molar-refractivity contribution in [3.05, 3.63) is 11.3 Å². The zero-order chi connectivity index (χ0) is 14.4. The van der Waals surface area contributed by atoms with Gasteiger partial charge in [-0.25, -0.2) is 4.79 Å². The minimum absolute atomic E-state index is 0.0316. The van der Waals surface area contributed by atoms with Crippen molar-refractivity contribution >= 4 is 17.7 Å². The highest BCUT2D eigenvalue weighted by molar-refractivity contribution is 5.95. The zero-order valence-corrected chi connectivity index (χ0v) is 11.6. The van der Waals surface area contributed by atoms with Crippen LogP contribution >= 0.6 is 0 Å². The second kappa shape index (κ2) is 4.50. The van der Waals surface area contributed by atoms with Gasteiger partial charge in [0.15, 0.2) is 0 Å². The Morgan fingerprint density at radius 3 is 2.95 bits per heavy atom. The molecule has 2 fully saturated rings. The van der Waals surface area contributed by atoms with E-state index >= 15 is 0 Å². The highest BCUT2D eigenvalue weighted by Crippen LogP contribution is 2.34. The molecule has 1 aromatic rings. The number of anilines is 1. The van der Waals surface area contributed by atoms with E-state index in [1.54, 1.807) is 18.7 Å². The Morgan fingerprint density at radius 2 is 2.25 bits per heavy atom. The van der Waals surface area contributed by atoms with Crippen molar-refractivity contribution in [1.29, 1.82) is 0 Å². The van der Waals surface area contributed by atoms with E-state index in [-0.39, 0.29) is 23.4 Å². The van der Waals surface area contributed by atoms with Crippen LogP contribution in [0, 0.1) is 12.8 Å². The first-order chi connectivity index (χ1) is 9.50. The number of nitrogens with zero attached hydrogens (tertiary/aromatic N) is 3. The van der Waals surface area contributed by atoms with Crippen LogP contribution in [0.2, 0.25) is 0 Å². The molecule has 0 radical (unpaired) electrons. The molecule has 0 bridgehead atoms. The monoisotopic (exact) mass is 278 g/mol. The third-order valence-electron chi connectivity index (χ3n) is 4.28. The van der Waals surface area contributed by atoms with Gasteiger partial charge in [-0.15, -0.1) is 0 Å². The molecule has 2 N–H and O–H groups in total. The van der Waals surface area contributed by atoms with E-state index in [0.717, 1.165) is 19.4 Å². The van der Waals surface area contributed by atoms with Crippen LogP contribution in [0.3, 0.4) is 0 Å². The molecule has 108 valence electrons. The summed E-state index contributed by atoms with van der Waals surface area (Å²) in [6, 6.07) is 0.0316. The van der Waals surface area contributed by atoms with E-state index in [1.807, 2.05) is 4.90 Å². The van der Waals surface area contributed by atoms with Crippen LogP contribution in [0.1, 0.15) is 28.9 Å². The highest BCUT2D eigenvalue weighted by atomic mass is 16.4. The molecule has 7 heteroatoms. The van der Waals surface area contributed by atoms with Gasteiger partial charge in [-0.05, 0) is 19.8 Å². The Kier molecular flexibility index (Phi) is 2.92. The maximum absolute atomic E-state index is 11.8. The number of hydrogen-bond donors (Lipinski definition) is 2. The fourth-order valence-corrected chi connectivity index (χ4v) is 3.44. The second-order valence-electron chi connectivity index (χ2n) is 5.47. The van der Waals surface area contributed by atoms with Crippen molar-refractivity contribution in [2.45, 2.75) is 25.8 Å². The molecule has 0 saturated carbocycles. The van der Waals surface area contributed by atoms with Crippen LogP contribution in [0.25, 0.3) is 0 Å².